The molecule has 0 saturated carbocycles. The Bertz CT molecular complexity index is 517. The van der Waals surface area contributed by atoms with Gasteiger partial charge >= 0.3 is 12.3 Å². The Hall–Kier alpha value is -1.73. The zero-order valence-corrected chi connectivity index (χ0v) is 11.5. The van der Waals surface area contributed by atoms with Gasteiger partial charge in [0.15, 0.2) is 0 Å². The SMILES string of the molecule is CC(C)(C)OC(=O)N1CCn2c(C(F)(F)F)cnc2C1. The molecule has 0 N–H and O–H groups in total. The second kappa shape index (κ2) is 4.68. The second-order valence-electron chi connectivity index (χ2n) is 5.61. The van der Waals surface area contributed by atoms with Gasteiger partial charge in [-0.25, -0.2) is 9.78 Å². The molecular weight excluding hydrogens is 275 g/mol. The van der Waals surface area contributed by atoms with E-state index in [9.17, 15) is 18.0 Å². The summed E-state index contributed by atoms with van der Waals surface area (Å²) in [5.74, 6) is 0.217. The first-order valence-corrected chi connectivity index (χ1v) is 6.17. The third-order valence-corrected chi connectivity index (χ3v) is 2.81. The molecule has 2 heterocycles. The number of carbonyl (C=O) groups is 1. The van der Waals surface area contributed by atoms with Gasteiger partial charge in [-0.1, -0.05) is 0 Å². The van der Waals surface area contributed by atoms with Crippen molar-refractivity contribution in [3.05, 3.63) is 17.7 Å². The van der Waals surface area contributed by atoms with Crippen LogP contribution in [0.3, 0.4) is 0 Å². The molecule has 2 rings (SSSR count). The van der Waals surface area contributed by atoms with Crippen molar-refractivity contribution in [1.29, 1.82) is 0 Å². The van der Waals surface area contributed by atoms with Gasteiger partial charge in [0.25, 0.3) is 0 Å². The normalized spacial score (nSPS) is 16.0. The first kappa shape index (κ1) is 14.7. The van der Waals surface area contributed by atoms with Gasteiger partial charge in [-0.3, -0.25) is 4.90 Å². The number of hydrogen-bond donors (Lipinski definition) is 0. The molecule has 5 nitrogen and oxygen atoms in total. The number of aromatic nitrogens is 2. The van der Waals surface area contributed by atoms with E-state index in [-0.39, 0.29) is 25.5 Å². The average Bonchev–Trinajstić information content (AvgIpc) is 2.68. The van der Waals surface area contributed by atoms with Gasteiger partial charge in [0.05, 0.1) is 12.7 Å². The summed E-state index contributed by atoms with van der Waals surface area (Å²) < 4.78 is 44.5. The van der Waals surface area contributed by atoms with Gasteiger partial charge in [-0.05, 0) is 20.8 Å². The van der Waals surface area contributed by atoms with Crippen LogP contribution in [-0.2, 0) is 24.0 Å². The minimum absolute atomic E-state index is 0.0188. The standard InChI is InChI=1S/C12H16F3N3O2/c1-11(2,3)20-10(19)17-4-5-18-8(12(13,14)15)6-16-9(18)7-17/h6H,4-5,7H2,1-3H3. The van der Waals surface area contributed by atoms with Crippen LogP contribution in [0, 0.1) is 0 Å². The number of halogens is 3. The van der Waals surface area contributed by atoms with E-state index in [4.69, 9.17) is 4.74 Å². The zero-order valence-electron chi connectivity index (χ0n) is 11.5. The predicted molar refractivity (Wildman–Crippen MR) is 63.9 cm³/mol. The molecule has 1 aromatic heterocycles. The van der Waals surface area contributed by atoms with E-state index in [1.54, 1.807) is 20.8 Å². The fourth-order valence-corrected chi connectivity index (χ4v) is 1.97. The molecule has 0 spiro atoms. The van der Waals surface area contributed by atoms with E-state index in [2.05, 4.69) is 4.98 Å². The molecule has 1 aliphatic rings. The van der Waals surface area contributed by atoms with Gasteiger partial charge in [0.2, 0.25) is 0 Å². The Morgan fingerprint density at radius 1 is 1.30 bits per heavy atom. The number of ether oxygens (including phenoxy) is 1. The maximum Gasteiger partial charge on any atom is 0.433 e. The highest BCUT2D eigenvalue weighted by atomic mass is 19.4. The number of amides is 1. The summed E-state index contributed by atoms with van der Waals surface area (Å²) in [6, 6.07) is 0. The van der Waals surface area contributed by atoms with Crippen LogP contribution >= 0.6 is 0 Å². The number of fused-ring (bicyclic) bond motifs is 1. The molecule has 1 aliphatic heterocycles. The lowest BCUT2D eigenvalue weighted by Crippen LogP contribution is -2.42. The highest BCUT2D eigenvalue weighted by molar-refractivity contribution is 5.68. The van der Waals surface area contributed by atoms with Gasteiger partial charge in [-0.15, -0.1) is 0 Å². The molecule has 0 aliphatic carbocycles. The van der Waals surface area contributed by atoms with Crippen LogP contribution in [0.25, 0.3) is 0 Å². The lowest BCUT2D eigenvalue weighted by atomic mass is 10.2. The summed E-state index contributed by atoms with van der Waals surface area (Å²) in [6.07, 6.45) is -4.17. The van der Waals surface area contributed by atoms with Crippen molar-refractivity contribution in [3.63, 3.8) is 0 Å². The van der Waals surface area contributed by atoms with Crippen molar-refractivity contribution in [2.24, 2.45) is 0 Å². The number of rotatable bonds is 0. The molecule has 1 amide bonds. The summed E-state index contributed by atoms with van der Waals surface area (Å²) in [4.78, 5) is 17.0. The Labute approximate surface area is 114 Å². The fraction of sp³-hybridized carbons (Fsp3) is 0.667. The van der Waals surface area contributed by atoms with Crippen molar-refractivity contribution in [3.8, 4) is 0 Å². The smallest absolute Gasteiger partial charge is 0.433 e. The molecule has 0 radical (unpaired) electrons. The van der Waals surface area contributed by atoms with E-state index in [0.717, 1.165) is 10.8 Å². The number of alkyl halides is 3. The van der Waals surface area contributed by atoms with E-state index in [1.165, 1.54) is 4.90 Å². The first-order chi connectivity index (χ1) is 9.08. The highest BCUT2D eigenvalue weighted by Crippen LogP contribution is 2.31. The molecule has 0 bridgehead atoms. The van der Waals surface area contributed by atoms with Crippen molar-refractivity contribution < 1.29 is 22.7 Å². The van der Waals surface area contributed by atoms with Crippen LogP contribution in [0.4, 0.5) is 18.0 Å². The largest absolute Gasteiger partial charge is 0.444 e. The summed E-state index contributed by atoms with van der Waals surface area (Å²) in [5, 5.41) is 0. The lowest BCUT2D eigenvalue weighted by molar-refractivity contribution is -0.144. The monoisotopic (exact) mass is 291 g/mol. The second-order valence-corrected chi connectivity index (χ2v) is 5.61. The molecule has 20 heavy (non-hydrogen) atoms. The van der Waals surface area contributed by atoms with Crippen LogP contribution in [0.15, 0.2) is 6.20 Å². The van der Waals surface area contributed by atoms with Crippen LogP contribution < -0.4 is 0 Å². The number of imidazole rings is 1. The molecule has 0 atom stereocenters. The molecule has 0 aromatic carbocycles. The van der Waals surface area contributed by atoms with Gasteiger partial charge < -0.3 is 9.30 Å². The lowest BCUT2D eigenvalue weighted by Gasteiger charge is -2.31. The number of hydrogen-bond acceptors (Lipinski definition) is 3. The Kier molecular flexibility index (Phi) is 3.43. The van der Waals surface area contributed by atoms with Crippen LogP contribution in [0.1, 0.15) is 32.3 Å². The third kappa shape index (κ3) is 3.05. The highest BCUT2D eigenvalue weighted by Gasteiger charge is 2.38. The summed E-state index contributed by atoms with van der Waals surface area (Å²) in [6.45, 7) is 5.45. The molecule has 0 unspecified atom stereocenters. The molecule has 0 saturated heterocycles. The summed E-state index contributed by atoms with van der Waals surface area (Å²) >= 11 is 0. The first-order valence-electron chi connectivity index (χ1n) is 6.17. The Morgan fingerprint density at radius 3 is 2.50 bits per heavy atom. The average molecular weight is 291 g/mol. The molecule has 0 fully saturated rings. The Morgan fingerprint density at radius 2 is 1.95 bits per heavy atom. The zero-order chi connectivity index (χ0) is 15.1. The molecule has 112 valence electrons. The van der Waals surface area contributed by atoms with Crippen molar-refractivity contribution in [1.82, 2.24) is 14.5 Å². The molecular formula is C12H16F3N3O2. The van der Waals surface area contributed by atoms with Crippen molar-refractivity contribution >= 4 is 6.09 Å². The number of nitrogens with zero attached hydrogens (tertiary/aromatic N) is 3. The van der Waals surface area contributed by atoms with Gasteiger partial charge in [-0.2, -0.15) is 13.2 Å². The van der Waals surface area contributed by atoms with Crippen LogP contribution in [-0.4, -0.2) is 32.7 Å². The van der Waals surface area contributed by atoms with Gasteiger partial charge in [0.1, 0.15) is 17.1 Å². The van der Waals surface area contributed by atoms with Gasteiger partial charge in [0, 0.05) is 13.1 Å². The maximum absolute atomic E-state index is 12.7. The molecule has 1 aromatic rings. The minimum atomic E-state index is -4.43. The van der Waals surface area contributed by atoms with Crippen molar-refractivity contribution in [2.45, 2.75) is 45.6 Å². The summed E-state index contributed by atoms with van der Waals surface area (Å²) in [7, 11) is 0. The van der Waals surface area contributed by atoms with Crippen LogP contribution in [0.5, 0.6) is 0 Å². The number of carbonyl (C=O) groups excluding carboxylic acids is 1. The Balaban J connectivity index is 2.13. The van der Waals surface area contributed by atoms with Crippen molar-refractivity contribution in [2.75, 3.05) is 6.54 Å². The van der Waals surface area contributed by atoms with E-state index in [1.807, 2.05) is 0 Å². The van der Waals surface area contributed by atoms with Crippen LogP contribution in [0.2, 0.25) is 0 Å². The summed E-state index contributed by atoms with van der Waals surface area (Å²) in [5.41, 5.74) is -1.42. The molecule has 8 heteroatoms. The van der Waals surface area contributed by atoms with E-state index < -0.39 is 23.6 Å². The van der Waals surface area contributed by atoms with E-state index >= 15 is 0 Å². The fourth-order valence-electron chi connectivity index (χ4n) is 1.97. The predicted octanol–water partition coefficient (Wildman–Crippen LogP) is 2.65. The van der Waals surface area contributed by atoms with E-state index in [0.29, 0.717) is 0 Å². The third-order valence-electron chi connectivity index (χ3n) is 2.81. The minimum Gasteiger partial charge on any atom is -0.444 e. The maximum atomic E-state index is 12.7. The topological polar surface area (TPSA) is 47.4 Å². The quantitative estimate of drug-likeness (QED) is 0.738.